The van der Waals surface area contributed by atoms with E-state index in [1.807, 2.05) is 19.1 Å². The van der Waals surface area contributed by atoms with Gasteiger partial charge in [0.15, 0.2) is 5.96 Å². The molecular formula is C20H27FN4O2. The van der Waals surface area contributed by atoms with Gasteiger partial charge in [0.05, 0.1) is 19.3 Å². The van der Waals surface area contributed by atoms with Crippen molar-refractivity contribution in [3.63, 3.8) is 0 Å². The fourth-order valence-electron chi connectivity index (χ4n) is 3.13. The second-order valence-electron chi connectivity index (χ2n) is 6.55. The molecule has 0 aliphatic carbocycles. The van der Waals surface area contributed by atoms with Crippen LogP contribution in [0, 0.1) is 12.7 Å². The quantitative estimate of drug-likeness (QED) is 0.601. The summed E-state index contributed by atoms with van der Waals surface area (Å²) in [5.74, 6) is 2.31. The maximum Gasteiger partial charge on any atom is 0.191 e. The molecule has 1 atom stereocenters. The first kappa shape index (κ1) is 19.4. The SMILES string of the molecule is CN=C(NCc1ccc(F)cc1)NCC(c1ccc(C)o1)N1CCOCC1. The molecule has 0 bridgehead atoms. The maximum atomic E-state index is 13.0. The number of rotatable bonds is 6. The monoisotopic (exact) mass is 374 g/mol. The van der Waals surface area contributed by atoms with Crippen LogP contribution in [-0.4, -0.2) is 50.8 Å². The van der Waals surface area contributed by atoms with E-state index in [1.54, 1.807) is 19.2 Å². The van der Waals surface area contributed by atoms with Crippen molar-refractivity contribution in [2.45, 2.75) is 19.5 Å². The normalized spacial score (nSPS) is 16.9. The second-order valence-corrected chi connectivity index (χ2v) is 6.55. The number of hydrogen-bond acceptors (Lipinski definition) is 4. The van der Waals surface area contributed by atoms with Gasteiger partial charge in [0, 0.05) is 33.2 Å². The van der Waals surface area contributed by atoms with Crippen LogP contribution in [0.1, 0.15) is 23.1 Å². The fourth-order valence-corrected chi connectivity index (χ4v) is 3.13. The van der Waals surface area contributed by atoms with Gasteiger partial charge in [-0.05, 0) is 36.8 Å². The summed E-state index contributed by atoms with van der Waals surface area (Å²) in [5.41, 5.74) is 0.991. The summed E-state index contributed by atoms with van der Waals surface area (Å²) in [6, 6.07) is 10.6. The van der Waals surface area contributed by atoms with Crippen molar-refractivity contribution in [1.29, 1.82) is 0 Å². The zero-order valence-electron chi connectivity index (χ0n) is 15.9. The van der Waals surface area contributed by atoms with Gasteiger partial charge >= 0.3 is 0 Å². The number of nitrogens with one attached hydrogen (secondary N) is 2. The van der Waals surface area contributed by atoms with E-state index >= 15 is 0 Å². The van der Waals surface area contributed by atoms with Gasteiger partial charge < -0.3 is 19.8 Å². The largest absolute Gasteiger partial charge is 0.465 e. The molecule has 0 amide bonds. The molecule has 2 aromatic rings. The van der Waals surface area contributed by atoms with E-state index in [4.69, 9.17) is 9.15 Å². The Morgan fingerprint density at radius 3 is 2.52 bits per heavy atom. The highest BCUT2D eigenvalue weighted by Crippen LogP contribution is 2.23. The number of ether oxygens (including phenoxy) is 1. The Balaban J connectivity index is 1.59. The van der Waals surface area contributed by atoms with Crippen LogP contribution in [0.25, 0.3) is 0 Å². The first-order chi connectivity index (χ1) is 13.2. The summed E-state index contributed by atoms with van der Waals surface area (Å²) in [5, 5.41) is 6.64. The number of aliphatic imine (C=N–C) groups is 1. The molecule has 0 saturated carbocycles. The zero-order chi connectivity index (χ0) is 19.1. The molecule has 146 valence electrons. The molecular weight excluding hydrogens is 347 g/mol. The average Bonchev–Trinajstić information content (AvgIpc) is 3.12. The number of morpholine rings is 1. The predicted molar refractivity (Wildman–Crippen MR) is 103 cm³/mol. The molecule has 0 radical (unpaired) electrons. The first-order valence-corrected chi connectivity index (χ1v) is 9.23. The molecule has 1 aliphatic heterocycles. The fraction of sp³-hybridized carbons (Fsp3) is 0.450. The number of furan rings is 1. The van der Waals surface area contributed by atoms with E-state index in [0.717, 1.165) is 43.4 Å². The number of halogens is 1. The summed E-state index contributed by atoms with van der Waals surface area (Å²) in [4.78, 5) is 6.65. The topological polar surface area (TPSA) is 62.0 Å². The van der Waals surface area contributed by atoms with Crippen molar-refractivity contribution in [3.8, 4) is 0 Å². The van der Waals surface area contributed by atoms with E-state index in [2.05, 4.69) is 20.5 Å². The minimum absolute atomic E-state index is 0.104. The molecule has 6 nitrogen and oxygen atoms in total. The minimum Gasteiger partial charge on any atom is -0.465 e. The Morgan fingerprint density at radius 1 is 1.15 bits per heavy atom. The number of benzene rings is 1. The van der Waals surface area contributed by atoms with Crippen molar-refractivity contribution < 1.29 is 13.5 Å². The van der Waals surface area contributed by atoms with Gasteiger partial charge in [-0.25, -0.2) is 4.39 Å². The van der Waals surface area contributed by atoms with Crippen molar-refractivity contribution >= 4 is 5.96 Å². The Kier molecular flexibility index (Phi) is 6.84. The Morgan fingerprint density at radius 2 is 1.89 bits per heavy atom. The lowest BCUT2D eigenvalue weighted by molar-refractivity contribution is 0.0124. The summed E-state index contributed by atoms with van der Waals surface area (Å²) in [6.07, 6.45) is 0. The third-order valence-corrected chi connectivity index (χ3v) is 4.64. The number of hydrogen-bond donors (Lipinski definition) is 2. The molecule has 2 N–H and O–H groups in total. The molecule has 3 rings (SSSR count). The maximum absolute atomic E-state index is 13.0. The van der Waals surface area contributed by atoms with Gasteiger partial charge in [0.25, 0.3) is 0 Å². The molecule has 0 spiro atoms. The molecule has 1 unspecified atom stereocenters. The summed E-state index contributed by atoms with van der Waals surface area (Å²) >= 11 is 0. The predicted octanol–water partition coefficient (Wildman–Crippen LogP) is 2.47. The van der Waals surface area contributed by atoms with Crippen LogP contribution in [0.15, 0.2) is 45.8 Å². The van der Waals surface area contributed by atoms with E-state index < -0.39 is 0 Å². The van der Waals surface area contributed by atoms with E-state index in [-0.39, 0.29) is 11.9 Å². The van der Waals surface area contributed by atoms with Gasteiger partial charge in [0.1, 0.15) is 17.3 Å². The van der Waals surface area contributed by atoms with Gasteiger partial charge in [-0.1, -0.05) is 12.1 Å². The molecule has 1 fully saturated rings. The third kappa shape index (κ3) is 5.55. The van der Waals surface area contributed by atoms with Crippen molar-refractivity contribution in [3.05, 3.63) is 59.3 Å². The lowest BCUT2D eigenvalue weighted by Gasteiger charge is -2.33. The molecule has 27 heavy (non-hydrogen) atoms. The lowest BCUT2D eigenvalue weighted by Crippen LogP contribution is -2.46. The van der Waals surface area contributed by atoms with Crippen molar-refractivity contribution in [2.24, 2.45) is 4.99 Å². The van der Waals surface area contributed by atoms with Crippen molar-refractivity contribution in [1.82, 2.24) is 15.5 Å². The molecule has 1 aliphatic rings. The Bertz CT molecular complexity index is 739. The standard InChI is InChI=1S/C20H27FN4O2/c1-15-3-8-19(27-15)18(25-9-11-26-12-10-25)14-24-20(22-2)23-13-16-4-6-17(21)7-5-16/h3-8,18H,9-14H2,1-2H3,(H2,22,23,24). The van der Waals surface area contributed by atoms with Crippen LogP contribution >= 0.6 is 0 Å². The lowest BCUT2D eigenvalue weighted by atomic mass is 10.1. The average molecular weight is 374 g/mol. The van der Waals surface area contributed by atoms with E-state index in [1.165, 1.54) is 12.1 Å². The molecule has 1 saturated heterocycles. The van der Waals surface area contributed by atoms with Gasteiger partial charge in [-0.2, -0.15) is 0 Å². The highest BCUT2D eigenvalue weighted by molar-refractivity contribution is 5.79. The number of aryl methyl sites for hydroxylation is 1. The third-order valence-electron chi connectivity index (χ3n) is 4.64. The molecule has 1 aromatic carbocycles. The summed E-state index contributed by atoms with van der Waals surface area (Å²) in [7, 11) is 1.74. The van der Waals surface area contributed by atoms with Crippen LogP contribution < -0.4 is 10.6 Å². The van der Waals surface area contributed by atoms with Gasteiger partial charge in [-0.3, -0.25) is 9.89 Å². The highest BCUT2D eigenvalue weighted by Gasteiger charge is 2.25. The molecule has 7 heteroatoms. The highest BCUT2D eigenvalue weighted by atomic mass is 19.1. The molecule has 2 heterocycles. The van der Waals surface area contributed by atoms with E-state index in [9.17, 15) is 4.39 Å². The smallest absolute Gasteiger partial charge is 0.191 e. The van der Waals surface area contributed by atoms with Gasteiger partial charge in [-0.15, -0.1) is 0 Å². The van der Waals surface area contributed by atoms with Gasteiger partial charge in [0.2, 0.25) is 0 Å². The van der Waals surface area contributed by atoms with Crippen LogP contribution in [0.5, 0.6) is 0 Å². The van der Waals surface area contributed by atoms with Crippen LogP contribution in [0.4, 0.5) is 4.39 Å². The van der Waals surface area contributed by atoms with Crippen molar-refractivity contribution in [2.75, 3.05) is 39.9 Å². The van der Waals surface area contributed by atoms with Crippen LogP contribution in [0.2, 0.25) is 0 Å². The minimum atomic E-state index is -0.233. The zero-order valence-corrected chi connectivity index (χ0v) is 15.9. The van der Waals surface area contributed by atoms with E-state index in [0.29, 0.717) is 19.0 Å². The first-order valence-electron chi connectivity index (χ1n) is 9.23. The second kappa shape index (κ2) is 9.53. The Hall–Kier alpha value is -2.38. The number of nitrogens with zero attached hydrogens (tertiary/aromatic N) is 2. The Labute approximate surface area is 159 Å². The van der Waals surface area contributed by atoms with Crippen LogP contribution in [-0.2, 0) is 11.3 Å². The van der Waals surface area contributed by atoms with Crippen LogP contribution in [0.3, 0.4) is 0 Å². The number of guanidine groups is 1. The summed E-state index contributed by atoms with van der Waals surface area (Å²) < 4.78 is 24.4. The summed E-state index contributed by atoms with van der Waals surface area (Å²) in [6.45, 7) is 6.39. The molecule has 1 aromatic heterocycles.